The van der Waals surface area contributed by atoms with E-state index in [1.165, 1.54) is 0 Å². The Morgan fingerprint density at radius 2 is 0.422 bits per heavy atom. The Labute approximate surface area is 591 Å². The summed E-state index contributed by atoms with van der Waals surface area (Å²) in [6.45, 7) is 0. The highest BCUT2D eigenvalue weighted by molar-refractivity contribution is 6.22. The first-order chi connectivity index (χ1) is 50.5. The van der Waals surface area contributed by atoms with Crippen LogP contribution in [0.1, 0.15) is 0 Å². The molecule has 0 fully saturated rings. The number of benzene rings is 17. The second-order valence-electron chi connectivity index (χ2n) is 26.3. The van der Waals surface area contributed by atoms with Crippen molar-refractivity contribution in [2.45, 2.75) is 0 Å². The van der Waals surface area contributed by atoms with Crippen LogP contribution in [0.4, 0.5) is 34.1 Å². The lowest BCUT2D eigenvalue weighted by Gasteiger charge is -2.31. The zero-order valence-electron chi connectivity index (χ0n) is 55.7. The SMILES string of the molecule is c1ccc(-c2ccc(N(c3ccc4cc5c(cc4c3)oc3c5ccc4c5cc6ccc(N(c7ccc(-c8ccccc8)cc7-c7ccccc7)c7ccc(-c8ccccc8)cc7-c7ccccc7)cc6cc5oc43)c3ccc(-c4ccccc4)cc3-c3ccccc3)c(-c3ccccc3)c2)cc1. The average Bonchev–Trinajstić information content (AvgIpc) is 1.42. The summed E-state index contributed by atoms with van der Waals surface area (Å²) in [7, 11) is 0. The van der Waals surface area contributed by atoms with Crippen LogP contribution >= 0.6 is 0 Å². The molecular weight excluding hydrogens is 1240 g/mol. The number of hydrogen-bond donors (Lipinski definition) is 0. The first-order valence-corrected chi connectivity index (χ1v) is 34.8. The van der Waals surface area contributed by atoms with Crippen molar-refractivity contribution in [1.82, 2.24) is 0 Å². The highest BCUT2D eigenvalue weighted by Crippen LogP contribution is 2.51. The van der Waals surface area contributed by atoms with Crippen molar-refractivity contribution in [3.63, 3.8) is 0 Å². The van der Waals surface area contributed by atoms with Gasteiger partial charge in [-0.1, -0.05) is 279 Å². The van der Waals surface area contributed by atoms with Crippen molar-refractivity contribution in [3.8, 4) is 89.0 Å². The van der Waals surface area contributed by atoms with Gasteiger partial charge in [0.15, 0.2) is 11.2 Å². The van der Waals surface area contributed by atoms with E-state index in [0.717, 1.165) is 189 Å². The van der Waals surface area contributed by atoms with Crippen LogP contribution in [0.2, 0.25) is 0 Å². The number of furan rings is 2. The van der Waals surface area contributed by atoms with E-state index in [2.05, 4.69) is 398 Å². The highest BCUT2D eigenvalue weighted by atomic mass is 16.4. The molecule has 0 saturated heterocycles. The fourth-order valence-electron chi connectivity index (χ4n) is 15.2. The summed E-state index contributed by atoms with van der Waals surface area (Å²) in [5.74, 6) is 0. The maximum absolute atomic E-state index is 7.14. The van der Waals surface area contributed by atoms with Crippen LogP contribution < -0.4 is 9.80 Å². The average molecular weight is 1300 g/mol. The van der Waals surface area contributed by atoms with Gasteiger partial charge in [-0.25, -0.2) is 0 Å². The molecule has 0 spiro atoms. The molecule has 0 unspecified atom stereocenters. The molecule has 0 aliphatic heterocycles. The molecule has 0 saturated carbocycles. The monoisotopic (exact) mass is 1300 g/mol. The molecular formula is C98H64N2O2. The highest BCUT2D eigenvalue weighted by Gasteiger charge is 2.27. The Morgan fingerprint density at radius 3 is 0.686 bits per heavy atom. The molecule has 0 atom stereocenters. The van der Waals surface area contributed by atoms with Gasteiger partial charge in [0.2, 0.25) is 0 Å². The van der Waals surface area contributed by atoms with Crippen molar-refractivity contribution in [2.24, 2.45) is 0 Å². The van der Waals surface area contributed by atoms with Gasteiger partial charge in [-0.3, -0.25) is 0 Å². The maximum atomic E-state index is 7.14. The van der Waals surface area contributed by atoms with E-state index in [4.69, 9.17) is 8.83 Å². The second-order valence-corrected chi connectivity index (χ2v) is 26.3. The second kappa shape index (κ2) is 25.4. The summed E-state index contributed by atoms with van der Waals surface area (Å²) in [5.41, 5.74) is 27.5. The molecule has 17 aromatic carbocycles. The number of anilines is 6. The maximum Gasteiger partial charge on any atom is 0.178 e. The van der Waals surface area contributed by atoms with E-state index in [0.29, 0.717) is 0 Å². The predicted octanol–water partition coefficient (Wildman–Crippen LogP) is 28.1. The van der Waals surface area contributed by atoms with Crippen LogP contribution in [0.15, 0.2) is 397 Å². The van der Waals surface area contributed by atoms with Gasteiger partial charge in [-0.05, 0) is 198 Å². The Morgan fingerprint density at radius 1 is 0.167 bits per heavy atom. The molecule has 0 N–H and O–H groups in total. The molecule has 0 amide bonds. The van der Waals surface area contributed by atoms with Gasteiger partial charge in [0.25, 0.3) is 0 Å². The number of rotatable bonds is 14. The number of nitrogens with zero attached hydrogens (tertiary/aromatic N) is 2. The first-order valence-electron chi connectivity index (χ1n) is 34.8. The van der Waals surface area contributed by atoms with E-state index in [1.54, 1.807) is 0 Å². The lowest BCUT2D eigenvalue weighted by Crippen LogP contribution is -2.13. The summed E-state index contributed by atoms with van der Waals surface area (Å²) in [5, 5.41) is 8.38. The molecule has 478 valence electrons. The molecule has 0 aliphatic carbocycles. The van der Waals surface area contributed by atoms with Crippen molar-refractivity contribution in [2.75, 3.05) is 9.80 Å². The summed E-state index contributed by atoms with van der Waals surface area (Å²) < 4.78 is 14.3. The molecule has 0 aliphatic rings. The third-order valence-corrected chi connectivity index (χ3v) is 20.2. The lowest BCUT2D eigenvalue weighted by atomic mass is 9.93. The van der Waals surface area contributed by atoms with E-state index in [-0.39, 0.29) is 0 Å². The Hall–Kier alpha value is -13.5. The van der Waals surface area contributed by atoms with Crippen molar-refractivity contribution in [3.05, 3.63) is 388 Å². The van der Waals surface area contributed by atoms with Gasteiger partial charge in [0.05, 0.1) is 22.7 Å². The van der Waals surface area contributed by atoms with Crippen LogP contribution in [0.25, 0.3) is 154 Å². The minimum atomic E-state index is 0.726. The van der Waals surface area contributed by atoms with Crippen LogP contribution in [-0.4, -0.2) is 0 Å². The topological polar surface area (TPSA) is 32.8 Å². The van der Waals surface area contributed by atoms with Gasteiger partial charge in [-0.2, -0.15) is 0 Å². The standard InChI is InChI=1S/C98H64N2O2/c1-9-25-65(26-10-1)73-43-51-91(85(57-73)69-33-17-5-18-34-69)99(92-52-44-74(66-27-11-2-12-28-66)58-86(92)70-35-19-6-20-36-70)81-47-41-77-61-89-83-49-50-84-90-62-78-42-48-82(56-80(78)64-96(90)102-98(84)97(83)101-95(89)63-79(77)55-81)100(93-53-45-75(67-29-13-3-14-30-67)59-87(93)71-37-21-7-22-38-71)94-54-46-76(68-31-15-4-16-32-68)60-88(94)72-39-23-8-24-40-72/h1-64H. The molecule has 2 aromatic heterocycles. The van der Waals surface area contributed by atoms with Crippen LogP contribution in [0.3, 0.4) is 0 Å². The van der Waals surface area contributed by atoms with Crippen LogP contribution in [0.5, 0.6) is 0 Å². The molecule has 2 heterocycles. The Kier molecular flexibility index (Phi) is 14.9. The zero-order valence-corrected chi connectivity index (χ0v) is 55.7. The van der Waals surface area contributed by atoms with Gasteiger partial charge >= 0.3 is 0 Å². The minimum absolute atomic E-state index is 0.726. The zero-order chi connectivity index (χ0) is 67.5. The summed E-state index contributed by atoms with van der Waals surface area (Å²) in [4.78, 5) is 4.91. The Bertz CT molecular complexity index is 5690. The van der Waals surface area contributed by atoms with Gasteiger partial charge < -0.3 is 18.6 Å². The summed E-state index contributed by atoms with van der Waals surface area (Å²) in [6.07, 6.45) is 0. The summed E-state index contributed by atoms with van der Waals surface area (Å²) in [6, 6.07) is 141. The molecule has 0 radical (unpaired) electrons. The van der Waals surface area contributed by atoms with E-state index in [1.807, 2.05) is 0 Å². The fraction of sp³-hybridized carbons (Fsp3) is 0. The molecule has 4 nitrogen and oxygen atoms in total. The normalized spacial score (nSPS) is 11.5. The number of hydrogen-bond acceptors (Lipinski definition) is 4. The largest absolute Gasteiger partial charge is 0.452 e. The van der Waals surface area contributed by atoms with E-state index in [9.17, 15) is 0 Å². The van der Waals surface area contributed by atoms with E-state index >= 15 is 0 Å². The quantitative estimate of drug-likeness (QED) is 0.109. The van der Waals surface area contributed by atoms with Gasteiger partial charge in [0, 0.05) is 55.2 Å². The fourth-order valence-corrected chi connectivity index (χ4v) is 15.2. The first kappa shape index (κ1) is 59.7. The smallest absolute Gasteiger partial charge is 0.178 e. The van der Waals surface area contributed by atoms with Crippen molar-refractivity contribution >= 4 is 99.5 Å². The third kappa shape index (κ3) is 10.8. The molecule has 19 aromatic rings. The van der Waals surface area contributed by atoms with Crippen molar-refractivity contribution in [1.29, 1.82) is 0 Å². The van der Waals surface area contributed by atoms with Gasteiger partial charge in [0.1, 0.15) is 11.2 Å². The minimum Gasteiger partial charge on any atom is -0.452 e. The summed E-state index contributed by atoms with van der Waals surface area (Å²) >= 11 is 0. The van der Waals surface area contributed by atoms with Gasteiger partial charge in [-0.15, -0.1) is 0 Å². The van der Waals surface area contributed by atoms with Crippen molar-refractivity contribution < 1.29 is 8.83 Å². The van der Waals surface area contributed by atoms with Crippen LogP contribution in [0, 0.1) is 0 Å². The number of fused-ring (bicyclic) bond motifs is 9. The third-order valence-electron chi connectivity index (χ3n) is 20.2. The van der Waals surface area contributed by atoms with Crippen LogP contribution in [-0.2, 0) is 0 Å². The van der Waals surface area contributed by atoms with E-state index < -0.39 is 0 Å². The Balaban J connectivity index is 0.762. The molecule has 19 rings (SSSR count). The predicted molar refractivity (Wildman–Crippen MR) is 429 cm³/mol. The molecule has 102 heavy (non-hydrogen) atoms. The molecule has 0 bridgehead atoms. The lowest BCUT2D eigenvalue weighted by molar-refractivity contribution is 0.634. The molecule has 4 heteroatoms.